The molecule has 4 heteroatoms. The molecule has 2 rings (SSSR count). The molecule has 1 aromatic heterocycles. The van der Waals surface area contributed by atoms with Gasteiger partial charge in [-0.05, 0) is 26.2 Å². The second-order valence-electron chi connectivity index (χ2n) is 3.85. The van der Waals surface area contributed by atoms with Crippen LogP contribution in [0.5, 0.6) is 0 Å². The number of nitrogens with two attached hydrogens (primary N) is 1. The molecule has 0 spiro atoms. The van der Waals surface area contributed by atoms with E-state index in [-0.39, 0.29) is 0 Å². The van der Waals surface area contributed by atoms with Gasteiger partial charge in [-0.1, -0.05) is 0 Å². The molecule has 14 heavy (non-hydrogen) atoms. The van der Waals surface area contributed by atoms with Gasteiger partial charge < -0.3 is 10.6 Å². The predicted octanol–water partition coefficient (Wildman–Crippen LogP) is 1.44. The highest BCUT2D eigenvalue weighted by Gasteiger charge is 2.20. The number of rotatable bonds is 1. The number of aromatic nitrogens is 2. The van der Waals surface area contributed by atoms with Crippen LogP contribution in [0.25, 0.3) is 0 Å². The maximum Gasteiger partial charge on any atom is 0.225 e. The molecule has 1 aromatic rings. The summed E-state index contributed by atoms with van der Waals surface area (Å²) in [6.45, 7) is 3.28. The fraction of sp³-hybridized carbons (Fsp3) is 0.600. The van der Waals surface area contributed by atoms with Crippen LogP contribution in [0.15, 0.2) is 12.4 Å². The van der Waals surface area contributed by atoms with Crippen molar-refractivity contribution in [3.8, 4) is 0 Å². The molecule has 4 nitrogen and oxygen atoms in total. The van der Waals surface area contributed by atoms with Gasteiger partial charge in [-0.15, -0.1) is 0 Å². The van der Waals surface area contributed by atoms with Gasteiger partial charge in [0.2, 0.25) is 5.95 Å². The summed E-state index contributed by atoms with van der Waals surface area (Å²) >= 11 is 0. The minimum Gasteiger partial charge on any atom is -0.396 e. The summed E-state index contributed by atoms with van der Waals surface area (Å²) in [5.41, 5.74) is 6.17. The molecule has 0 bridgehead atoms. The van der Waals surface area contributed by atoms with Gasteiger partial charge in [0.1, 0.15) is 0 Å². The molecule has 0 saturated carbocycles. The third-order valence-electron chi connectivity index (χ3n) is 2.72. The third kappa shape index (κ3) is 1.78. The van der Waals surface area contributed by atoms with Crippen molar-refractivity contribution >= 4 is 11.6 Å². The summed E-state index contributed by atoms with van der Waals surface area (Å²) in [6, 6.07) is 0.548. The summed E-state index contributed by atoms with van der Waals surface area (Å²) in [5.74, 6) is 0.811. The van der Waals surface area contributed by atoms with Crippen molar-refractivity contribution in [2.75, 3.05) is 17.2 Å². The Kier molecular flexibility index (Phi) is 2.52. The fourth-order valence-electron chi connectivity index (χ4n) is 1.87. The Bertz CT molecular complexity index is 295. The predicted molar refractivity (Wildman–Crippen MR) is 57.1 cm³/mol. The van der Waals surface area contributed by atoms with Crippen LogP contribution in [-0.4, -0.2) is 22.6 Å². The van der Waals surface area contributed by atoms with Gasteiger partial charge in [0.25, 0.3) is 0 Å². The molecule has 2 N–H and O–H groups in total. The van der Waals surface area contributed by atoms with Crippen molar-refractivity contribution in [2.45, 2.75) is 32.2 Å². The quantitative estimate of drug-likeness (QED) is 0.731. The van der Waals surface area contributed by atoms with Crippen LogP contribution in [0.1, 0.15) is 26.2 Å². The molecule has 1 fully saturated rings. The van der Waals surface area contributed by atoms with Crippen molar-refractivity contribution in [3.63, 3.8) is 0 Å². The topological polar surface area (TPSA) is 55.0 Å². The number of hydrogen-bond acceptors (Lipinski definition) is 4. The van der Waals surface area contributed by atoms with E-state index in [0.29, 0.717) is 11.7 Å². The maximum absolute atomic E-state index is 5.55. The lowest BCUT2D eigenvalue weighted by atomic mass is 10.0. The van der Waals surface area contributed by atoms with E-state index in [9.17, 15) is 0 Å². The van der Waals surface area contributed by atoms with Crippen LogP contribution in [-0.2, 0) is 0 Å². The summed E-state index contributed by atoms with van der Waals surface area (Å²) in [6.07, 6.45) is 7.12. The zero-order valence-electron chi connectivity index (χ0n) is 8.48. The first-order valence-electron chi connectivity index (χ1n) is 5.11. The zero-order valence-corrected chi connectivity index (χ0v) is 8.48. The van der Waals surface area contributed by atoms with Gasteiger partial charge in [0, 0.05) is 12.6 Å². The number of anilines is 2. The highest BCUT2D eigenvalue weighted by atomic mass is 15.3. The first kappa shape index (κ1) is 9.24. The van der Waals surface area contributed by atoms with Crippen LogP contribution in [0.3, 0.4) is 0 Å². The Morgan fingerprint density at radius 2 is 2.07 bits per heavy atom. The monoisotopic (exact) mass is 192 g/mol. The lowest BCUT2D eigenvalue weighted by molar-refractivity contribution is 0.477. The van der Waals surface area contributed by atoms with Crippen molar-refractivity contribution in [3.05, 3.63) is 12.4 Å². The van der Waals surface area contributed by atoms with Crippen molar-refractivity contribution < 1.29 is 0 Å². The minimum absolute atomic E-state index is 0.548. The molecule has 76 valence electrons. The second kappa shape index (κ2) is 3.82. The standard InChI is InChI=1S/C10H16N4/c1-8-4-2-3-5-14(8)10-12-6-9(11)7-13-10/h6-8H,2-5,11H2,1H3/t8-/m0/s1. The SMILES string of the molecule is C[C@H]1CCCCN1c1ncc(N)cn1. The lowest BCUT2D eigenvalue weighted by Gasteiger charge is -2.33. The molecular weight excluding hydrogens is 176 g/mol. The largest absolute Gasteiger partial charge is 0.396 e. The smallest absolute Gasteiger partial charge is 0.225 e. The van der Waals surface area contributed by atoms with Crippen LogP contribution in [0.2, 0.25) is 0 Å². The van der Waals surface area contributed by atoms with Crippen LogP contribution < -0.4 is 10.6 Å². The minimum atomic E-state index is 0.548. The highest BCUT2D eigenvalue weighted by molar-refractivity contribution is 5.38. The molecule has 0 radical (unpaired) electrons. The van der Waals surface area contributed by atoms with E-state index in [1.165, 1.54) is 19.3 Å². The Morgan fingerprint density at radius 3 is 2.71 bits per heavy atom. The van der Waals surface area contributed by atoms with Crippen LogP contribution >= 0.6 is 0 Å². The second-order valence-corrected chi connectivity index (χ2v) is 3.85. The highest BCUT2D eigenvalue weighted by Crippen LogP contribution is 2.20. The number of hydrogen-bond donors (Lipinski definition) is 1. The molecular formula is C10H16N4. The molecule has 0 unspecified atom stereocenters. The Labute approximate surface area is 84.2 Å². The lowest BCUT2D eigenvalue weighted by Crippen LogP contribution is -2.38. The molecule has 1 aliphatic rings. The Morgan fingerprint density at radius 1 is 1.36 bits per heavy atom. The van der Waals surface area contributed by atoms with E-state index >= 15 is 0 Å². The van der Waals surface area contributed by atoms with Gasteiger partial charge in [-0.25, -0.2) is 9.97 Å². The average Bonchev–Trinajstić information content (AvgIpc) is 2.20. The van der Waals surface area contributed by atoms with Gasteiger partial charge in [-0.2, -0.15) is 0 Å². The molecule has 0 aliphatic carbocycles. The molecule has 1 atom stereocenters. The number of nitrogen functional groups attached to an aromatic ring is 1. The molecule has 0 amide bonds. The molecule has 1 aliphatic heterocycles. The van der Waals surface area contributed by atoms with Crippen molar-refractivity contribution in [1.82, 2.24) is 9.97 Å². The van der Waals surface area contributed by atoms with Crippen molar-refractivity contribution in [1.29, 1.82) is 0 Å². The van der Waals surface area contributed by atoms with Gasteiger partial charge in [0.05, 0.1) is 18.1 Å². The summed E-state index contributed by atoms with van der Waals surface area (Å²) < 4.78 is 0. The zero-order chi connectivity index (χ0) is 9.97. The average molecular weight is 192 g/mol. The van der Waals surface area contributed by atoms with Gasteiger partial charge >= 0.3 is 0 Å². The number of nitrogens with zero attached hydrogens (tertiary/aromatic N) is 3. The number of piperidine rings is 1. The first-order valence-corrected chi connectivity index (χ1v) is 5.11. The van der Waals surface area contributed by atoms with Crippen molar-refractivity contribution in [2.24, 2.45) is 0 Å². The van der Waals surface area contributed by atoms with E-state index in [1.54, 1.807) is 12.4 Å². The normalized spacial score (nSPS) is 22.4. The Hall–Kier alpha value is -1.32. The molecule has 2 heterocycles. The van der Waals surface area contributed by atoms with E-state index < -0.39 is 0 Å². The van der Waals surface area contributed by atoms with E-state index in [0.717, 1.165) is 12.5 Å². The fourth-order valence-corrected chi connectivity index (χ4v) is 1.87. The summed E-state index contributed by atoms with van der Waals surface area (Å²) in [4.78, 5) is 10.7. The van der Waals surface area contributed by atoms with Gasteiger partial charge in [0.15, 0.2) is 0 Å². The van der Waals surface area contributed by atoms with Gasteiger partial charge in [-0.3, -0.25) is 0 Å². The van der Waals surface area contributed by atoms with E-state index in [4.69, 9.17) is 5.73 Å². The molecule has 1 saturated heterocycles. The third-order valence-corrected chi connectivity index (χ3v) is 2.72. The summed E-state index contributed by atoms with van der Waals surface area (Å²) in [5, 5.41) is 0. The molecule has 0 aromatic carbocycles. The van der Waals surface area contributed by atoms with E-state index in [1.807, 2.05) is 0 Å². The first-order chi connectivity index (χ1) is 6.77. The van der Waals surface area contributed by atoms with E-state index in [2.05, 4.69) is 21.8 Å². The summed E-state index contributed by atoms with van der Waals surface area (Å²) in [7, 11) is 0. The maximum atomic E-state index is 5.55. The van der Waals surface area contributed by atoms with Crippen LogP contribution in [0.4, 0.5) is 11.6 Å². The Balaban J connectivity index is 2.16. The van der Waals surface area contributed by atoms with Crippen LogP contribution in [0, 0.1) is 0 Å².